The fourth-order valence-electron chi connectivity index (χ4n) is 6.65. The molecule has 1 saturated carbocycles. The number of aliphatic hydroxyl groups excluding tert-OH is 2. The number of aliphatic hydroxyl groups is 2. The number of benzene rings is 1. The number of rotatable bonds is 9. The van der Waals surface area contributed by atoms with Gasteiger partial charge in [0.15, 0.2) is 5.13 Å². The molecule has 0 bridgehead atoms. The van der Waals surface area contributed by atoms with Gasteiger partial charge < -0.3 is 30.0 Å². The molecule has 4 N–H and O–H groups in total. The van der Waals surface area contributed by atoms with E-state index in [0.717, 1.165) is 21.9 Å². The van der Waals surface area contributed by atoms with Gasteiger partial charge in [-0.25, -0.2) is 4.98 Å². The molecule has 2 aliphatic rings. The van der Waals surface area contributed by atoms with Gasteiger partial charge in [-0.1, -0.05) is 26.0 Å². The molecule has 2 heterocycles. The topological polar surface area (TPSA) is 134 Å². The number of carbonyl (C=O) groups excluding carboxylic acids is 2. The summed E-state index contributed by atoms with van der Waals surface area (Å²) in [5, 5.41) is 27.8. The van der Waals surface area contributed by atoms with Crippen molar-refractivity contribution in [1.29, 1.82) is 0 Å². The Morgan fingerprint density at radius 1 is 1.20 bits per heavy atom. The van der Waals surface area contributed by atoms with Gasteiger partial charge in [0, 0.05) is 22.6 Å². The van der Waals surface area contributed by atoms with Crippen molar-refractivity contribution in [2.24, 2.45) is 16.7 Å². The molecule has 5 rings (SSSR count). The van der Waals surface area contributed by atoms with Crippen LogP contribution in [0.5, 0.6) is 5.75 Å². The van der Waals surface area contributed by atoms with Crippen molar-refractivity contribution in [3.63, 3.8) is 0 Å². The minimum atomic E-state index is -0.713. The molecule has 0 spiro atoms. The zero-order valence-corrected chi connectivity index (χ0v) is 23.9. The van der Waals surface area contributed by atoms with Crippen LogP contribution >= 0.6 is 11.3 Å². The number of aromatic nitrogens is 1. The first-order valence-electron chi connectivity index (χ1n) is 13.7. The second kappa shape index (κ2) is 11.3. The number of nitrogens with one attached hydrogen (secondary N) is 2. The molecule has 2 aliphatic carbocycles. The Labute approximate surface area is 238 Å². The molecule has 0 aliphatic heterocycles. The lowest BCUT2D eigenvalue weighted by molar-refractivity contribution is -0.144. The number of carbonyl (C=O) groups is 2. The third-order valence-corrected chi connectivity index (χ3v) is 10.1. The Balaban J connectivity index is 1.40. The van der Waals surface area contributed by atoms with Crippen molar-refractivity contribution in [2.45, 2.75) is 64.5 Å². The molecule has 5 atom stereocenters. The number of nitrogens with zero attached hydrogens (tertiary/aromatic N) is 1. The van der Waals surface area contributed by atoms with E-state index in [0.29, 0.717) is 36.7 Å². The van der Waals surface area contributed by atoms with Gasteiger partial charge in [0.25, 0.3) is 0 Å². The molecule has 2 aromatic heterocycles. The Bertz CT molecular complexity index is 1340. The van der Waals surface area contributed by atoms with Crippen molar-refractivity contribution in [2.75, 3.05) is 19.0 Å². The van der Waals surface area contributed by atoms with Gasteiger partial charge in [-0.2, -0.15) is 0 Å². The van der Waals surface area contributed by atoms with E-state index in [4.69, 9.17) is 14.1 Å². The molecule has 3 aromatic rings. The van der Waals surface area contributed by atoms with E-state index < -0.39 is 11.5 Å². The van der Waals surface area contributed by atoms with Crippen LogP contribution in [-0.2, 0) is 29.0 Å². The number of furan rings is 1. The van der Waals surface area contributed by atoms with Gasteiger partial charge in [-0.05, 0) is 60.4 Å². The Morgan fingerprint density at radius 3 is 2.65 bits per heavy atom. The summed E-state index contributed by atoms with van der Waals surface area (Å²) in [4.78, 5) is 32.0. The van der Waals surface area contributed by atoms with Crippen LogP contribution in [-0.4, -0.2) is 46.8 Å². The first-order chi connectivity index (χ1) is 19.2. The smallest absolute Gasteiger partial charge is 0.230 e. The Kier molecular flexibility index (Phi) is 8.03. The van der Waals surface area contributed by atoms with Crippen LogP contribution in [0.1, 0.15) is 60.9 Å². The number of hydrogen-bond acceptors (Lipinski definition) is 8. The fourth-order valence-corrected chi connectivity index (χ4v) is 7.73. The van der Waals surface area contributed by atoms with E-state index in [1.54, 1.807) is 19.4 Å². The van der Waals surface area contributed by atoms with Gasteiger partial charge >= 0.3 is 0 Å². The van der Waals surface area contributed by atoms with Gasteiger partial charge in [0.05, 0.1) is 44.7 Å². The van der Waals surface area contributed by atoms with Gasteiger partial charge in [0.2, 0.25) is 11.8 Å². The number of fused-ring (bicyclic) bond motifs is 2. The summed E-state index contributed by atoms with van der Waals surface area (Å²) in [6.45, 7) is 4.25. The van der Waals surface area contributed by atoms with Gasteiger partial charge in [-0.3, -0.25) is 9.59 Å². The minimum absolute atomic E-state index is 0.0626. The van der Waals surface area contributed by atoms with Crippen LogP contribution in [0.2, 0.25) is 0 Å². The standard InChI is InChI=1S/C30H37N3O6S/c1-29-11-10-24(35)30(2,17-34)23(29)15-22-27(21(29)14-25(36)31-16-20-5-4-12-39-20)33-28(40-22)32-26(37)13-18-6-8-19(38-3)9-7-18/h4-9,12,21,23-24,34-35H,10-11,13-17H2,1-3H3,(H,31,36)(H,32,33,37). The molecule has 5 unspecified atom stereocenters. The summed E-state index contributed by atoms with van der Waals surface area (Å²) >= 11 is 1.42. The maximum atomic E-state index is 13.2. The van der Waals surface area contributed by atoms with E-state index in [-0.39, 0.29) is 48.5 Å². The summed E-state index contributed by atoms with van der Waals surface area (Å²) in [6, 6.07) is 10.9. The summed E-state index contributed by atoms with van der Waals surface area (Å²) in [6.07, 6.45) is 3.21. The van der Waals surface area contributed by atoms with Crippen molar-refractivity contribution in [1.82, 2.24) is 10.3 Å². The van der Waals surface area contributed by atoms with Crippen LogP contribution in [0.15, 0.2) is 47.1 Å². The average molecular weight is 568 g/mol. The van der Waals surface area contributed by atoms with E-state index >= 15 is 0 Å². The molecule has 214 valence electrons. The molecule has 0 saturated heterocycles. The van der Waals surface area contributed by atoms with Crippen LogP contribution in [0.4, 0.5) is 5.13 Å². The predicted octanol–water partition coefficient (Wildman–Crippen LogP) is 4.05. The number of amides is 2. The molecule has 9 nitrogen and oxygen atoms in total. The quantitative estimate of drug-likeness (QED) is 0.307. The van der Waals surface area contributed by atoms with Crippen LogP contribution in [0.25, 0.3) is 0 Å². The third kappa shape index (κ3) is 5.40. The van der Waals surface area contributed by atoms with E-state index in [1.807, 2.05) is 37.3 Å². The number of methoxy groups -OCH3 is 1. The second-order valence-electron chi connectivity index (χ2n) is 11.5. The molecule has 10 heteroatoms. The lowest BCUT2D eigenvalue weighted by Crippen LogP contribution is -2.57. The largest absolute Gasteiger partial charge is 0.497 e. The van der Waals surface area contributed by atoms with Crippen molar-refractivity contribution in [3.05, 3.63) is 64.6 Å². The first kappa shape index (κ1) is 28.3. The number of hydrogen-bond donors (Lipinski definition) is 4. The lowest BCUT2D eigenvalue weighted by Gasteiger charge is -2.58. The van der Waals surface area contributed by atoms with Crippen LogP contribution < -0.4 is 15.4 Å². The average Bonchev–Trinajstić information content (AvgIpc) is 3.61. The highest BCUT2D eigenvalue weighted by atomic mass is 32.1. The maximum absolute atomic E-state index is 13.2. The minimum Gasteiger partial charge on any atom is -0.497 e. The highest BCUT2D eigenvalue weighted by molar-refractivity contribution is 7.15. The highest BCUT2D eigenvalue weighted by Gasteiger charge is 2.59. The normalized spacial score (nSPS) is 27.4. The zero-order valence-electron chi connectivity index (χ0n) is 23.1. The summed E-state index contributed by atoms with van der Waals surface area (Å²) in [5.74, 6) is 0.802. The van der Waals surface area contributed by atoms with Crippen molar-refractivity contribution >= 4 is 28.3 Å². The van der Waals surface area contributed by atoms with Crippen LogP contribution in [0, 0.1) is 16.7 Å². The molecule has 2 amide bonds. The van der Waals surface area contributed by atoms with E-state index in [1.165, 1.54) is 11.3 Å². The molecular formula is C30H37N3O6S. The first-order valence-corrected chi connectivity index (χ1v) is 14.5. The lowest BCUT2D eigenvalue weighted by atomic mass is 9.47. The van der Waals surface area contributed by atoms with Gasteiger partial charge in [-0.15, -0.1) is 11.3 Å². The molecular weight excluding hydrogens is 530 g/mol. The molecule has 0 radical (unpaired) electrons. The number of anilines is 1. The summed E-state index contributed by atoms with van der Waals surface area (Å²) in [5.41, 5.74) is 0.602. The third-order valence-electron chi connectivity index (χ3n) is 9.09. The predicted molar refractivity (Wildman–Crippen MR) is 151 cm³/mol. The monoisotopic (exact) mass is 567 g/mol. The Morgan fingerprint density at radius 2 is 1.98 bits per heavy atom. The Hall–Kier alpha value is -3.21. The number of thiazole rings is 1. The second-order valence-corrected chi connectivity index (χ2v) is 12.6. The molecule has 1 fully saturated rings. The van der Waals surface area contributed by atoms with Crippen molar-refractivity contribution in [3.8, 4) is 5.75 Å². The molecule has 40 heavy (non-hydrogen) atoms. The van der Waals surface area contributed by atoms with Crippen molar-refractivity contribution < 1.29 is 29.0 Å². The summed E-state index contributed by atoms with van der Waals surface area (Å²) in [7, 11) is 1.60. The summed E-state index contributed by atoms with van der Waals surface area (Å²) < 4.78 is 10.5. The van der Waals surface area contributed by atoms with E-state index in [2.05, 4.69) is 17.6 Å². The number of ether oxygens (including phenoxy) is 1. The fraction of sp³-hybridized carbons (Fsp3) is 0.500. The zero-order chi connectivity index (χ0) is 28.5. The highest BCUT2D eigenvalue weighted by Crippen LogP contribution is 2.62. The molecule has 1 aromatic carbocycles. The SMILES string of the molecule is COc1ccc(CC(=O)Nc2nc3c(s2)CC2C(C)(CO)C(O)CCC2(C)C3CC(=O)NCc2ccco2)cc1. The van der Waals surface area contributed by atoms with Crippen LogP contribution in [0.3, 0.4) is 0 Å². The van der Waals surface area contributed by atoms with Gasteiger partial charge in [0.1, 0.15) is 11.5 Å². The van der Waals surface area contributed by atoms with E-state index in [9.17, 15) is 19.8 Å². The maximum Gasteiger partial charge on any atom is 0.230 e.